The molecule has 2 heterocycles. The highest BCUT2D eigenvalue weighted by atomic mass is 35.5. The molecule has 1 aromatic heterocycles. The molecule has 2 rings (SSSR count). The van der Waals surface area contributed by atoms with Crippen LogP contribution in [0.15, 0.2) is 6.33 Å². The van der Waals surface area contributed by atoms with Gasteiger partial charge in [-0.1, -0.05) is 11.6 Å². The van der Waals surface area contributed by atoms with E-state index in [1.807, 2.05) is 11.8 Å². The largest absolute Gasteiger partial charge is 0.376 e. The van der Waals surface area contributed by atoms with Gasteiger partial charge in [-0.05, 0) is 19.8 Å². The number of aromatic nitrogens is 2. The Bertz CT molecular complexity index is 465. The summed E-state index contributed by atoms with van der Waals surface area (Å²) in [5.74, 6) is 0.253. The average molecular weight is 287 g/mol. The maximum absolute atomic E-state index is 11.1. The number of hydrogen-bond donors (Lipinski definition) is 0. The molecule has 1 saturated heterocycles. The van der Waals surface area contributed by atoms with Gasteiger partial charge in [-0.3, -0.25) is 10.1 Å². The predicted molar refractivity (Wildman–Crippen MR) is 70.6 cm³/mol. The highest BCUT2D eigenvalue weighted by Crippen LogP contribution is 2.31. The summed E-state index contributed by atoms with van der Waals surface area (Å²) < 4.78 is 5.55. The molecule has 0 aromatic carbocycles. The quantitative estimate of drug-likeness (QED) is 0.468. The maximum Gasteiger partial charge on any atom is 0.348 e. The Morgan fingerprint density at radius 2 is 2.42 bits per heavy atom. The number of anilines is 1. The van der Waals surface area contributed by atoms with Crippen molar-refractivity contribution in [3.8, 4) is 0 Å². The highest BCUT2D eigenvalue weighted by molar-refractivity contribution is 6.31. The summed E-state index contributed by atoms with van der Waals surface area (Å²) in [5, 5.41) is 10.9. The van der Waals surface area contributed by atoms with E-state index in [4.69, 9.17) is 16.3 Å². The third-order valence-electron chi connectivity index (χ3n) is 3.07. The molecule has 0 amide bonds. The van der Waals surface area contributed by atoms with Crippen LogP contribution < -0.4 is 4.90 Å². The van der Waals surface area contributed by atoms with Crippen molar-refractivity contribution in [1.82, 2.24) is 9.97 Å². The van der Waals surface area contributed by atoms with Gasteiger partial charge in [-0.2, -0.15) is 0 Å². The first-order valence-corrected chi connectivity index (χ1v) is 6.52. The Kier molecular flexibility index (Phi) is 4.49. The lowest BCUT2D eigenvalue weighted by atomic mass is 10.2. The van der Waals surface area contributed by atoms with Crippen LogP contribution >= 0.6 is 11.6 Å². The fourth-order valence-electron chi connectivity index (χ4n) is 2.14. The first-order valence-electron chi connectivity index (χ1n) is 6.15. The number of rotatable bonds is 5. The summed E-state index contributed by atoms with van der Waals surface area (Å²) in [7, 11) is 0. The zero-order valence-corrected chi connectivity index (χ0v) is 11.3. The van der Waals surface area contributed by atoms with Gasteiger partial charge in [0.1, 0.15) is 6.33 Å². The van der Waals surface area contributed by atoms with Gasteiger partial charge in [-0.15, -0.1) is 0 Å². The molecule has 1 aliphatic heterocycles. The van der Waals surface area contributed by atoms with Crippen LogP contribution in [-0.2, 0) is 4.74 Å². The summed E-state index contributed by atoms with van der Waals surface area (Å²) in [6.07, 6.45) is 3.31. The van der Waals surface area contributed by atoms with Crippen molar-refractivity contribution >= 4 is 23.1 Å². The Morgan fingerprint density at radius 3 is 3.00 bits per heavy atom. The monoisotopic (exact) mass is 286 g/mol. The van der Waals surface area contributed by atoms with E-state index in [9.17, 15) is 10.1 Å². The van der Waals surface area contributed by atoms with Crippen LogP contribution in [0.25, 0.3) is 0 Å². The average Bonchev–Trinajstić information content (AvgIpc) is 2.88. The van der Waals surface area contributed by atoms with Crippen molar-refractivity contribution in [2.24, 2.45) is 0 Å². The molecule has 1 aliphatic rings. The van der Waals surface area contributed by atoms with Gasteiger partial charge in [0.25, 0.3) is 0 Å². The summed E-state index contributed by atoms with van der Waals surface area (Å²) >= 11 is 5.79. The summed E-state index contributed by atoms with van der Waals surface area (Å²) in [6, 6.07) is 0. The lowest BCUT2D eigenvalue weighted by molar-refractivity contribution is -0.384. The van der Waals surface area contributed by atoms with Crippen LogP contribution in [0.5, 0.6) is 0 Å². The number of nitrogens with zero attached hydrogens (tertiary/aromatic N) is 4. The Balaban J connectivity index is 2.26. The second kappa shape index (κ2) is 6.12. The molecule has 0 bridgehead atoms. The van der Waals surface area contributed by atoms with Crippen LogP contribution in [0, 0.1) is 10.1 Å². The molecule has 1 aromatic rings. The van der Waals surface area contributed by atoms with Gasteiger partial charge in [0, 0.05) is 19.7 Å². The minimum atomic E-state index is -0.546. The fraction of sp³-hybridized carbons (Fsp3) is 0.636. The van der Waals surface area contributed by atoms with Gasteiger partial charge in [-0.25, -0.2) is 9.97 Å². The second-order valence-corrected chi connectivity index (χ2v) is 4.63. The van der Waals surface area contributed by atoms with Gasteiger partial charge >= 0.3 is 5.69 Å². The lowest BCUT2D eigenvalue weighted by Gasteiger charge is -2.24. The molecule has 1 atom stereocenters. The highest BCUT2D eigenvalue weighted by Gasteiger charge is 2.27. The molecule has 104 valence electrons. The molecular weight excluding hydrogens is 272 g/mol. The van der Waals surface area contributed by atoms with E-state index >= 15 is 0 Å². The third-order valence-corrected chi connectivity index (χ3v) is 3.35. The van der Waals surface area contributed by atoms with Crippen LogP contribution in [0.2, 0.25) is 5.15 Å². The summed E-state index contributed by atoms with van der Waals surface area (Å²) in [6.45, 7) is 3.82. The van der Waals surface area contributed by atoms with Gasteiger partial charge in [0.2, 0.25) is 11.0 Å². The number of likely N-dealkylation sites (N-methyl/N-ethyl adjacent to an activating group) is 1. The van der Waals surface area contributed by atoms with Crippen LogP contribution in [0.1, 0.15) is 19.8 Å². The van der Waals surface area contributed by atoms with Crippen molar-refractivity contribution in [1.29, 1.82) is 0 Å². The molecule has 0 saturated carbocycles. The van der Waals surface area contributed by atoms with E-state index in [0.29, 0.717) is 13.1 Å². The van der Waals surface area contributed by atoms with Gasteiger partial charge < -0.3 is 9.64 Å². The van der Waals surface area contributed by atoms with Crippen LogP contribution in [0.4, 0.5) is 11.5 Å². The van der Waals surface area contributed by atoms with Crippen molar-refractivity contribution in [2.45, 2.75) is 25.9 Å². The number of ether oxygens (including phenoxy) is 1. The van der Waals surface area contributed by atoms with E-state index in [1.165, 1.54) is 6.33 Å². The van der Waals surface area contributed by atoms with Gasteiger partial charge in [0.05, 0.1) is 11.0 Å². The van der Waals surface area contributed by atoms with E-state index in [0.717, 1.165) is 19.4 Å². The molecule has 0 N–H and O–H groups in total. The second-order valence-electron chi connectivity index (χ2n) is 4.27. The SMILES string of the molecule is CCN(CC1CCCO1)c1ncnc(Cl)c1[N+](=O)[O-]. The summed E-state index contributed by atoms with van der Waals surface area (Å²) in [5.41, 5.74) is -0.246. The third kappa shape index (κ3) is 3.10. The molecule has 1 unspecified atom stereocenters. The number of nitro groups is 1. The van der Waals surface area contributed by atoms with E-state index in [-0.39, 0.29) is 22.8 Å². The molecule has 7 nitrogen and oxygen atoms in total. The van der Waals surface area contributed by atoms with Crippen molar-refractivity contribution in [2.75, 3.05) is 24.6 Å². The van der Waals surface area contributed by atoms with Crippen LogP contribution in [0.3, 0.4) is 0 Å². The molecule has 1 fully saturated rings. The number of hydrogen-bond acceptors (Lipinski definition) is 6. The van der Waals surface area contributed by atoms with E-state index < -0.39 is 4.92 Å². The van der Waals surface area contributed by atoms with Crippen molar-refractivity contribution < 1.29 is 9.66 Å². The smallest absolute Gasteiger partial charge is 0.348 e. The van der Waals surface area contributed by atoms with Crippen molar-refractivity contribution in [3.05, 3.63) is 21.6 Å². The minimum absolute atomic E-state index is 0.0910. The lowest BCUT2D eigenvalue weighted by Crippen LogP contribution is -2.33. The van der Waals surface area contributed by atoms with E-state index in [2.05, 4.69) is 9.97 Å². The van der Waals surface area contributed by atoms with Gasteiger partial charge in [0.15, 0.2) is 0 Å². The zero-order valence-electron chi connectivity index (χ0n) is 10.6. The molecule has 0 aliphatic carbocycles. The fourth-order valence-corrected chi connectivity index (χ4v) is 2.33. The molecule has 19 heavy (non-hydrogen) atoms. The Morgan fingerprint density at radius 1 is 1.63 bits per heavy atom. The molecule has 8 heteroatoms. The molecule has 0 spiro atoms. The topological polar surface area (TPSA) is 81.4 Å². The van der Waals surface area contributed by atoms with Crippen LogP contribution in [-0.4, -0.2) is 40.7 Å². The standard InChI is InChI=1S/C11H15ClN4O3/c1-2-15(6-8-4-3-5-19-8)11-9(16(17)18)10(12)13-7-14-11/h7-8H,2-6H2,1H3. The number of halogens is 1. The van der Waals surface area contributed by atoms with Crippen molar-refractivity contribution in [3.63, 3.8) is 0 Å². The first-order chi connectivity index (χ1) is 9.13. The first kappa shape index (κ1) is 14.0. The Hall–Kier alpha value is -1.47. The molecular formula is C11H15ClN4O3. The van der Waals surface area contributed by atoms with E-state index in [1.54, 1.807) is 0 Å². The molecule has 0 radical (unpaired) electrons. The predicted octanol–water partition coefficient (Wildman–Crippen LogP) is 2.04. The maximum atomic E-state index is 11.1. The summed E-state index contributed by atoms with van der Waals surface area (Å²) in [4.78, 5) is 20.0. The normalized spacial score (nSPS) is 18.5. The zero-order chi connectivity index (χ0) is 13.8. The Labute approximate surface area is 115 Å². The minimum Gasteiger partial charge on any atom is -0.376 e.